The number of allylic oxidation sites excluding steroid dienone is 2. The zero-order valence-electron chi connectivity index (χ0n) is 11.8. The number of hydrogen-bond donors (Lipinski definition) is 0. The smallest absolute Gasteiger partial charge is 0.259 e. The van der Waals surface area contributed by atoms with E-state index in [0.717, 1.165) is 16.0 Å². The van der Waals surface area contributed by atoms with Crippen molar-refractivity contribution in [1.29, 1.82) is 0 Å². The summed E-state index contributed by atoms with van der Waals surface area (Å²) in [6, 6.07) is 14.6. The van der Waals surface area contributed by atoms with Gasteiger partial charge in [-0.15, -0.1) is 11.8 Å². The molecule has 1 atom stereocenters. The van der Waals surface area contributed by atoms with Gasteiger partial charge in [0.1, 0.15) is 5.25 Å². The molecule has 1 unspecified atom stereocenters. The molecule has 6 heteroatoms. The lowest BCUT2D eigenvalue weighted by atomic mass is 10.1. The van der Waals surface area contributed by atoms with E-state index in [2.05, 4.69) is 0 Å². The average Bonchev–Trinajstić information content (AvgIpc) is 2.55. The van der Waals surface area contributed by atoms with Gasteiger partial charge < -0.3 is 0 Å². The molecule has 0 fully saturated rings. The topological polar surface area (TPSA) is 43.1 Å². The minimum Gasteiger partial charge on any atom is -0.259 e. The van der Waals surface area contributed by atoms with Gasteiger partial charge in [0.05, 0.1) is 4.92 Å². The molecule has 3 rings (SSSR count). The molecule has 0 amide bonds. The summed E-state index contributed by atoms with van der Waals surface area (Å²) in [6.45, 7) is 0. The fourth-order valence-electron chi connectivity index (χ4n) is 2.32. The van der Waals surface area contributed by atoms with Crippen LogP contribution in [0.4, 0.5) is 0 Å². The maximum atomic E-state index is 11.4. The van der Waals surface area contributed by atoms with Gasteiger partial charge in [0.15, 0.2) is 0 Å². The van der Waals surface area contributed by atoms with Crippen LogP contribution in [0.15, 0.2) is 66.4 Å². The number of benzene rings is 2. The molecule has 0 spiro atoms. The molecule has 2 aromatic rings. The number of rotatable bonds is 3. The van der Waals surface area contributed by atoms with Crippen molar-refractivity contribution >= 4 is 39.9 Å². The molecule has 1 aliphatic heterocycles. The van der Waals surface area contributed by atoms with Crippen LogP contribution in [0.25, 0.3) is 4.91 Å². The number of nitrogens with zero attached hydrogens (tertiary/aromatic N) is 1. The van der Waals surface area contributed by atoms with Crippen molar-refractivity contribution in [3.63, 3.8) is 0 Å². The summed E-state index contributed by atoms with van der Waals surface area (Å²) in [5, 5.41) is 12.2. The van der Waals surface area contributed by atoms with Crippen LogP contribution in [0.3, 0.4) is 0 Å². The van der Waals surface area contributed by atoms with Gasteiger partial charge in [-0.1, -0.05) is 47.5 Å². The zero-order valence-corrected chi connectivity index (χ0v) is 14.1. The first-order valence-electron chi connectivity index (χ1n) is 6.79. The molecular weight excluding hydrogens is 353 g/mol. The Bertz CT molecular complexity index is 816. The first kappa shape index (κ1) is 16.1. The molecule has 1 aliphatic rings. The fraction of sp³-hybridized carbons (Fsp3) is 0.0588. The van der Waals surface area contributed by atoms with Crippen molar-refractivity contribution in [2.45, 2.75) is 5.25 Å². The number of hydrogen-bond acceptors (Lipinski definition) is 3. The molecular formula is C17H11Cl2NO2S. The maximum Gasteiger partial charge on any atom is 0.263 e. The first-order chi connectivity index (χ1) is 11.0. The van der Waals surface area contributed by atoms with E-state index in [9.17, 15) is 10.1 Å². The Kier molecular flexibility index (Phi) is 4.76. The molecule has 0 bridgehead atoms. The predicted octanol–water partition coefficient (Wildman–Crippen LogP) is 5.98. The summed E-state index contributed by atoms with van der Waals surface area (Å²) in [5.41, 5.74) is 1.94. The van der Waals surface area contributed by atoms with Gasteiger partial charge in [-0.05, 0) is 41.5 Å². The quantitative estimate of drug-likeness (QED) is 0.497. The molecule has 1 heterocycles. The second-order valence-electron chi connectivity index (χ2n) is 4.94. The minimum atomic E-state index is -0.403. The van der Waals surface area contributed by atoms with Gasteiger partial charge in [-0.2, -0.15) is 0 Å². The summed E-state index contributed by atoms with van der Waals surface area (Å²) in [5.74, 6) is 0. The highest BCUT2D eigenvalue weighted by atomic mass is 35.5. The van der Waals surface area contributed by atoms with Gasteiger partial charge in [0.25, 0.3) is 5.70 Å². The van der Waals surface area contributed by atoms with Crippen LogP contribution in [0.1, 0.15) is 16.4 Å². The van der Waals surface area contributed by atoms with E-state index >= 15 is 0 Å². The van der Waals surface area contributed by atoms with E-state index in [1.54, 1.807) is 42.5 Å². The molecule has 0 aromatic heterocycles. The zero-order chi connectivity index (χ0) is 16.4. The largest absolute Gasteiger partial charge is 0.263 e. The lowest BCUT2D eigenvalue weighted by Crippen LogP contribution is -2.10. The van der Waals surface area contributed by atoms with E-state index < -0.39 is 5.25 Å². The first-order valence-corrected chi connectivity index (χ1v) is 8.42. The van der Waals surface area contributed by atoms with Crippen molar-refractivity contribution < 1.29 is 4.92 Å². The predicted molar refractivity (Wildman–Crippen MR) is 96.3 cm³/mol. The molecule has 23 heavy (non-hydrogen) atoms. The SMILES string of the molecule is O=[N+]([O-])C1=CC=C(c2ccc(Cl)cc2)SC1c1cccc(Cl)c1. The van der Waals surface area contributed by atoms with E-state index in [1.807, 2.05) is 18.2 Å². The standard InChI is InChI=1S/C17H11Cl2NO2S/c18-13-6-4-11(5-7-13)16-9-8-15(20(21)22)17(23-16)12-2-1-3-14(19)10-12/h1-10,17H. The Balaban J connectivity index is 2.00. The molecule has 0 N–H and O–H groups in total. The third-order valence-electron chi connectivity index (χ3n) is 3.41. The third-order valence-corrected chi connectivity index (χ3v) is 5.27. The highest BCUT2D eigenvalue weighted by Crippen LogP contribution is 2.47. The van der Waals surface area contributed by atoms with Crippen molar-refractivity contribution in [2.24, 2.45) is 0 Å². The summed E-state index contributed by atoms with van der Waals surface area (Å²) in [7, 11) is 0. The van der Waals surface area contributed by atoms with Gasteiger partial charge in [-0.3, -0.25) is 10.1 Å². The Labute approximate surface area is 147 Å². The van der Waals surface area contributed by atoms with Crippen molar-refractivity contribution in [3.05, 3.63) is 97.7 Å². The highest BCUT2D eigenvalue weighted by molar-refractivity contribution is 8.08. The molecule has 0 aliphatic carbocycles. The van der Waals surface area contributed by atoms with Gasteiger partial charge >= 0.3 is 0 Å². The van der Waals surface area contributed by atoms with Crippen LogP contribution in [-0.4, -0.2) is 4.92 Å². The number of halogens is 2. The van der Waals surface area contributed by atoms with Crippen molar-refractivity contribution in [2.75, 3.05) is 0 Å². The van der Waals surface area contributed by atoms with E-state index in [0.29, 0.717) is 10.0 Å². The van der Waals surface area contributed by atoms with Crippen molar-refractivity contribution in [3.8, 4) is 0 Å². The van der Waals surface area contributed by atoms with Crippen LogP contribution in [0.5, 0.6) is 0 Å². The number of nitro groups is 1. The second kappa shape index (κ2) is 6.79. The lowest BCUT2D eigenvalue weighted by Gasteiger charge is -2.20. The normalized spacial score (nSPS) is 17.4. The number of thioether (sulfide) groups is 1. The summed E-state index contributed by atoms with van der Waals surface area (Å²) in [6.07, 6.45) is 3.33. The molecule has 0 radical (unpaired) electrons. The van der Waals surface area contributed by atoms with E-state index in [4.69, 9.17) is 23.2 Å². The van der Waals surface area contributed by atoms with Gasteiger partial charge in [0, 0.05) is 21.0 Å². The van der Waals surface area contributed by atoms with E-state index in [-0.39, 0.29) is 10.6 Å². The second-order valence-corrected chi connectivity index (χ2v) is 6.96. The van der Waals surface area contributed by atoms with Crippen LogP contribution in [-0.2, 0) is 0 Å². The molecule has 0 saturated carbocycles. The average molecular weight is 364 g/mol. The molecule has 3 nitrogen and oxygen atoms in total. The van der Waals surface area contributed by atoms with Crippen LogP contribution < -0.4 is 0 Å². The van der Waals surface area contributed by atoms with Gasteiger partial charge in [-0.25, -0.2) is 0 Å². The van der Waals surface area contributed by atoms with Crippen LogP contribution in [0, 0.1) is 10.1 Å². The lowest BCUT2D eigenvalue weighted by molar-refractivity contribution is -0.427. The van der Waals surface area contributed by atoms with Crippen molar-refractivity contribution in [1.82, 2.24) is 0 Å². The summed E-state index contributed by atoms with van der Waals surface area (Å²) in [4.78, 5) is 12.0. The summed E-state index contributed by atoms with van der Waals surface area (Å²) < 4.78 is 0. The van der Waals surface area contributed by atoms with Crippen LogP contribution >= 0.6 is 35.0 Å². The monoisotopic (exact) mass is 363 g/mol. The Morgan fingerprint density at radius 3 is 2.39 bits per heavy atom. The Hall–Kier alpha value is -1.75. The fourth-order valence-corrected chi connectivity index (χ4v) is 3.88. The Morgan fingerprint density at radius 1 is 1.00 bits per heavy atom. The summed E-state index contributed by atoms with van der Waals surface area (Å²) >= 11 is 13.4. The molecule has 0 saturated heterocycles. The molecule has 2 aromatic carbocycles. The maximum absolute atomic E-state index is 11.4. The highest BCUT2D eigenvalue weighted by Gasteiger charge is 2.31. The Morgan fingerprint density at radius 2 is 1.74 bits per heavy atom. The van der Waals surface area contributed by atoms with E-state index in [1.165, 1.54) is 11.8 Å². The van der Waals surface area contributed by atoms with Gasteiger partial charge in [0.2, 0.25) is 0 Å². The molecule has 116 valence electrons. The third kappa shape index (κ3) is 3.61. The minimum absolute atomic E-state index is 0.148. The van der Waals surface area contributed by atoms with Crippen LogP contribution in [0.2, 0.25) is 10.0 Å².